The number of hydrogen-bond donors (Lipinski definition) is 1. The largest absolute Gasteiger partial charge is 0.513 e. The lowest BCUT2D eigenvalue weighted by Gasteiger charge is -2.23. The maximum absolute atomic E-state index is 13.3. The zero-order chi connectivity index (χ0) is 26.1. The van der Waals surface area contributed by atoms with E-state index in [1.54, 1.807) is 48.5 Å². The van der Waals surface area contributed by atoms with Gasteiger partial charge >= 0.3 is 6.16 Å². The van der Waals surface area contributed by atoms with Crippen LogP contribution in [-0.2, 0) is 19.6 Å². The number of anilines is 1. The van der Waals surface area contributed by atoms with Crippen molar-refractivity contribution in [2.45, 2.75) is 11.8 Å². The number of nitrogens with one attached hydrogen (secondary N) is 1. The summed E-state index contributed by atoms with van der Waals surface area (Å²) in [6, 6.07) is 19.3. The molecule has 0 saturated heterocycles. The number of sulfonamides is 1. The first-order valence-corrected chi connectivity index (χ1v) is 12.1. The number of carbonyl (C=O) groups excluding carboxylic acids is 2. The molecule has 0 aliphatic heterocycles. The van der Waals surface area contributed by atoms with Crippen LogP contribution in [0.5, 0.6) is 11.5 Å². The third-order valence-electron chi connectivity index (χ3n) is 4.89. The van der Waals surface area contributed by atoms with Crippen LogP contribution in [0.15, 0.2) is 82.8 Å². The highest BCUT2D eigenvalue weighted by molar-refractivity contribution is 7.92. The summed E-state index contributed by atoms with van der Waals surface area (Å²) >= 11 is 0. The number of methoxy groups -OCH3 is 2. The van der Waals surface area contributed by atoms with Gasteiger partial charge in [0.05, 0.1) is 31.0 Å². The van der Waals surface area contributed by atoms with E-state index in [0.717, 1.165) is 9.87 Å². The smallest absolute Gasteiger partial charge is 0.493 e. The first-order valence-electron chi connectivity index (χ1n) is 10.6. The van der Waals surface area contributed by atoms with Gasteiger partial charge in [0.2, 0.25) is 0 Å². The maximum atomic E-state index is 13.3. The fraction of sp³-hybridized carbons (Fsp3) is 0.160. The van der Waals surface area contributed by atoms with Crippen molar-refractivity contribution in [2.75, 3.05) is 25.1 Å². The molecule has 188 valence electrons. The molecule has 1 N–H and O–H groups in total. The van der Waals surface area contributed by atoms with Crippen molar-refractivity contribution in [1.29, 1.82) is 0 Å². The van der Waals surface area contributed by atoms with Gasteiger partial charge in [0.25, 0.3) is 15.9 Å². The second-order valence-corrected chi connectivity index (χ2v) is 9.28. The van der Waals surface area contributed by atoms with Crippen LogP contribution in [0.25, 0.3) is 0 Å². The lowest BCUT2D eigenvalue weighted by molar-refractivity contribution is -0.119. The SMILES string of the molecule is COC(=O)Oc1ccc(/C=N\NC(=O)CN(c2ccc(C)cc2)S(=O)(=O)c2ccccc2)cc1OC. The van der Waals surface area contributed by atoms with Gasteiger partial charge in [-0.25, -0.2) is 18.6 Å². The first kappa shape index (κ1) is 26.2. The topological polar surface area (TPSA) is 124 Å². The Kier molecular flexibility index (Phi) is 8.63. The summed E-state index contributed by atoms with van der Waals surface area (Å²) in [6.45, 7) is 1.39. The Morgan fingerprint density at radius 2 is 1.67 bits per heavy atom. The highest BCUT2D eigenvalue weighted by Crippen LogP contribution is 2.28. The number of hydrazone groups is 1. The number of aryl methyl sites for hydroxylation is 1. The van der Waals surface area contributed by atoms with E-state index in [9.17, 15) is 18.0 Å². The summed E-state index contributed by atoms with van der Waals surface area (Å²) in [5.74, 6) is -0.260. The molecule has 0 aliphatic carbocycles. The summed E-state index contributed by atoms with van der Waals surface area (Å²) in [7, 11) is -1.43. The van der Waals surface area contributed by atoms with E-state index in [-0.39, 0.29) is 16.4 Å². The zero-order valence-corrected chi connectivity index (χ0v) is 20.7. The highest BCUT2D eigenvalue weighted by Gasteiger charge is 2.27. The summed E-state index contributed by atoms with van der Waals surface area (Å²) in [5.41, 5.74) is 4.15. The van der Waals surface area contributed by atoms with Gasteiger partial charge in [-0.3, -0.25) is 9.10 Å². The maximum Gasteiger partial charge on any atom is 0.513 e. The van der Waals surface area contributed by atoms with Gasteiger partial charge in [-0.1, -0.05) is 35.9 Å². The molecule has 0 radical (unpaired) electrons. The summed E-state index contributed by atoms with van der Waals surface area (Å²) in [6.07, 6.45) is 0.440. The van der Waals surface area contributed by atoms with Crippen molar-refractivity contribution in [3.8, 4) is 11.5 Å². The fourth-order valence-corrected chi connectivity index (χ4v) is 4.51. The van der Waals surface area contributed by atoms with Gasteiger partial charge in [0.1, 0.15) is 6.54 Å². The van der Waals surface area contributed by atoms with E-state index in [2.05, 4.69) is 15.3 Å². The first-order chi connectivity index (χ1) is 17.2. The molecule has 11 heteroatoms. The predicted octanol–water partition coefficient (Wildman–Crippen LogP) is 3.49. The lowest BCUT2D eigenvalue weighted by atomic mass is 10.2. The number of hydrogen-bond acceptors (Lipinski definition) is 8. The second-order valence-electron chi connectivity index (χ2n) is 7.42. The fourth-order valence-electron chi connectivity index (χ4n) is 3.07. The van der Waals surface area contributed by atoms with Crippen LogP contribution < -0.4 is 19.2 Å². The molecular weight excluding hydrogens is 486 g/mol. The highest BCUT2D eigenvalue weighted by atomic mass is 32.2. The normalized spacial score (nSPS) is 11.1. The number of rotatable bonds is 9. The average molecular weight is 512 g/mol. The number of benzene rings is 3. The molecule has 36 heavy (non-hydrogen) atoms. The van der Waals surface area contributed by atoms with E-state index in [1.165, 1.54) is 44.7 Å². The van der Waals surface area contributed by atoms with E-state index < -0.39 is 28.6 Å². The monoisotopic (exact) mass is 511 g/mol. The second kappa shape index (κ2) is 11.8. The van der Waals surface area contributed by atoms with Crippen molar-refractivity contribution < 1.29 is 32.2 Å². The van der Waals surface area contributed by atoms with Crippen molar-refractivity contribution in [1.82, 2.24) is 5.43 Å². The molecule has 0 heterocycles. The Morgan fingerprint density at radius 3 is 2.31 bits per heavy atom. The molecule has 0 spiro atoms. The molecule has 3 rings (SSSR count). The molecule has 0 aliphatic rings. The van der Waals surface area contributed by atoms with Gasteiger partial charge in [-0.2, -0.15) is 5.10 Å². The minimum atomic E-state index is -4.01. The molecule has 0 atom stereocenters. The Morgan fingerprint density at radius 1 is 0.972 bits per heavy atom. The molecule has 0 aromatic heterocycles. The molecule has 0 saturated carbocycles. The number of ether oxygens (including phenoxy) is 3. The third-order valence-corrected chi connectivity index (χ3v) is 6.68. The molecule has 1 amide bonds. The molecule has 0 bridgehead atoms. The van der Waals surface area contributed by atoms with Gasteiger partial charge in [0, 0.05) is 0 Å². The summed E-state index contributed by atoms with van der Waals surface area (Å²) in [5, 5.41) is 3.91. The number of nitrogens with zero attached hydrogens (tertiary/aromatic N) is 2. The summed E-state index contributed by atoms with van der Waals surface area (Å²) < 4.78 is 42.3. The molecule has 3 aromatic rings. The van der Waals surface area contributed by atoms with E-state index in [1.807, 2.05) is 6.92 Å². The van der Waals surface area contributed by atoms with Crippen LogP contribution in [0.1, 0.15) is 11.1 Å². The van der Waals surface area contributed by atoms with Crippen LogP contribution >= 0.6 is 0 Å². The van der Waals surface area contributed by atoms with Crippen LogP contribution in [0.4, 0.5) is 10.5 Å². The van der Waals surface area contributed by atoms with Crippen LogP contribution in [0, 0.1) is 6.92 Å². The molecule has 0 fully saturated rings. The van der Waals surface area contributed by atoms with Crippen molar-refractivity contribution >= 4 is 34.0 Å². The van der Waals surface area contributed by atoms with Crippen molar-refractivity contribution in [2.24, 2.45) is 5.10 Å². The van der Waals surface area contributed by atoms with Gasteiger partial charge in [-0.15, -0.1) is 0 Å². The molecular formula is C25H25N3O7S. The molecule has 3 aromatic carbocycles. The molecule has 0 unspecified atom stereocenters. The average Bonchev–Trinajstić information content (AvgIpc) is 2.89. The summed E-state index contributed by atoms with van der Waals surface area (Å²) in [4.78, 5) is 24.1. The van der Waals surface area contributed by atoms with Crippen LogP contribution in [-0.4, -0.2) is 47.5 Å². The van der Waals surface area contributed by atoms with Crippen LogP contribution in [0.3, 0.4) is 0 Å². The standard InChI is InChI=1S/C25H25N3O7S/c1-18-9-12-20(13-10-18)28(36(31,32)21-7-5-4-6-8-21)17-24(29)27-26-16-19-11-14-22(23(15-19)33-2)35-25(30)34-3/h4-16H,17H2,1-3H3,(H,27,29)/b26-16-. The number of carbonyl (C=O) groups is 2. The Bertz CT molecular complexity index is 1340. The Balaban J connectivity index is 1.76. The van der Waals surface area contributed by atoms with E-state index in [4.69, 9.17) is 9.47 Å². The van der Waals surface area contributed by atoms with E-state index >= 15 is 0 Å². The van der Waals surface area contributed by atoms with Gasteiger partial charge in [-0.05, 0) is 55.0 Å². The van der Waals surface area contributed by atoms with E-state index in [0.29, 0.717) is 11.3 Å². The zero-order valence-electron chi connectivity index (χ0n) is 19.9. The Hall–Kier alpha value is -4.38. The molecule has 10 nitrogen and oxygen atoms in total. The van der Waals surface area contributed by atoms with Gasteiger partial charge < -0.3 is 14.2 Å². The quantitative estimate of drug-likeness (QED) is 0.202. The van der Waals surface area contributed by atoms with Crippen LogP contribution in [0.2, 0.25) is 0 Å². The van der Waals surface area contributed by atoms with Gasteiger partial charge in [0.15, 0.2) is 11.5 Å². The third kappa shape index (κ3) is 6.60. The minimum absolute atomic E-state index is 0.0586. The lowest BCUT2D eigenvalue weighted by Crippen LogP contribution is -2.39. The predicted molar refractivity (Wildman–Crippen MR) is 134 cm³/mol. The minimum Gasteiger partial charge on any atom is -0.493 e. The van der Waals surface area contributed by atoms with Crippen molar-refractivity contribution in [3.05, 3.63) is 83.9 Å². The Labute approximate surface area is 209 Å². The number of amides is 1. The van der Waals surface area contributed by atoms with Crippen molar-refractivity contribution in [3.63, 3.8) is 0 Å².